The van der Waals surface area contributed by atoms with Gasteiger partial charge in [0, 0.05) is 23.5 Å². The summed E-state index contributed by atoms with van der Waals surface area (Å²) in [6.45, 7) is 6.18. The van der Waals surface area contributed by atoms with E-state index in [-0.39, 0.29) is 12.1 Å². The van der Waals surface area contributed by atoms with Crippen molar-refractivity contribution in [2.75, 3.05) is 0 Å². The van der Waals surface area contributed by atoms with Gasteiger partial charge in [-0.1, -0.05) is 5.16 Å². The Morgan fingerprint density at radius 1 is 1.47 bits per heavy atom. The molecule has 2 N–H and O–H groups in total. The molecule has 2 aromatic rings. The van der Waals surface area contributed by atoms with Crippen molar-refractivity contribution >= 4 is 0 Å². The molecule has 3 rings (SSSR count). The Kier molecular flexibility index (Phi) is 2.97. The van der Waals surface area contributed by atoms with Gasteiger partial charge >= 0.3 is 0 Å². The maximum Gasteiger partial charge on any atom is 0.139 e. The van der Waals surface area contributed by atoms with Gasteiger partial charge in [-0.15, -0.1) is 0 Å². The molecule has 0 radical (unpaired) electrons. The van der Waals surface area contributed by atoms with Crippen molar-refractivity contribution in [1.82, 2.24) is 9.72 Å². The molecule has 0 fully saturated rings. The van der Waals surface area contributed by atoms with Gasteiger partial charge in [-0.2, -0.15) is 0 Å². The number of aryl methyl sites for hydroxylation is 2. The lowest BCUT2D eigenvalue weighted by Gasteiger charge is -2.24. The van der Waals surface area contributed by atoms with Crippen LogP contribution in [0.3, 0.4) is 0 Å². The van der Waals surface area contributed by atoms with Crippen LogP contribution in [-0.4, -0.2) is 9.72 Å². The number of aromatic nitrogens is 2. The summed E-state index contributed by atoms with van der Waals surface area (Å²) < 4.78 is 7.63. The first-order chi connectivity index (χ1) is 9.09. The topological polar surface area (TPSA) is 57.0 Å². The van der Waals surface area contributed by atoms with Gasteiger partial charge in [0.15, 0.2) is 0 Å². The molecule has 0 aromatic carbocycles. The lowest BCUT2D eigenvalue weighted by molar-refractivity contribution is 0.390. The Balaban J connectivity index is 2.04. The maximum absolute atomic E-state index is 6.19. The number of nitrogens with zero attached hydrogens (tertiary/aromatic N) is 2. The average Bonchev–Trinajstić information content (AvgIpc) is 2.94. The van der Waals surface area contributed by atoms with Crippen molar-refractivity contribution in [3.05, 3.63) is 40.5 Å². The summed E-state index contributed by atoms with van der Waals surface area (Å²) in [5.74, 6) is 0.910. The fraction of sp³-hybridized carbons (Fsp3) is 0.533. The summed E-state index contributed by atoms with van der Waals surface area (Å²) in [4.78, 5) is 0. The predicted molar refractivity (Wildman–Crippen MR) is 74.1 cm³/mol. The molecule has 1 aliphatic carbocycles. The van der Waals surface area contributed by atoms with Gasteiger partial charge in [0.05, 0.1) is 11.7 Å². The smallest absolute Gasteiger partial charge is 0.139 e. The minimum absolute atomic E-state index is 0.196. The molecule has 2 aromatic heterocycles. The van der Waals surface area contributed by atoms with Crippen LogP contribution in [-0.2, 0) is 6.42 Å². The van der Waals surface area contributed by atoms with Crippen molar-refractivity contribution in [1.29, 1.82) is 0 Å². The zero-order valence-electron chi connectivity index (χ0n) is 11.8. The van der Waals surface area contributed by atoms with Crippen LogP contribution < -0.4 is 5.73 Å². The monoisotopic (exact) mass is 259 g/mol. The third kappa shape index (κ3) is 1.91. The fourth-order valence-corrected chi connectivity index (χ4v) is 3.34. The summed E-state index contributed by atoms with van der Waals surface area (Å²) >= 11 is 0. The van der Waals surface area contributed by atoms with Gasteiger partial charge in [-0.3, -0.25) is 0 Å². The lowest BCUT2D eigenvalue weighted by atomic mass is 9.93. The summed E-state index contributed by atoms with van der Waals surface area (Å²) in [6, 6.07) is 2.62. The highest BCUT2D eigenvalue weighted by Gasteiger charge is 2.25. The summed E-state index contributed by atoms with van der Waals surface area (Å²) in [7, 11) is 0. The van der Waals surface area contributed by atoms with E-state index in [9.17, 15) is 0 Å². The molecular weight excluding hydrogens is 238 g/mol. The number of nitrogens with two attached hydrogens (primary N) is 1. The molecule has 102 valence electrons. The van der Waals surface area contributed by atoms with Crippen LogP contribution in [0.1, 0.15) is 60.1 Å². The molecule has 2 atom stereocenters. The third-order valence-electron chi connectivity index (χ3n) is 4.31. The zero-order valence-corrected chi connectivity index (χ0v) is 11.8. The van der Waals surface area contributed by atoms with Crippen LogP contribution in [0.15, 0.2) is 16.8 Å². The van der Waals surface area contributed by atoms with Crippen molar-refractivity contribution in [2.24, 2.45) is 5.73 Å². The minimum Gasteiger partial charge on any atom is -0.361 e. The van der Waals surface area contributed by atoms with Crippen LogP contribution in [0.25, 0.3) is 0 Å². The molecule has 19 heavy (non-hydrogen) atoms. The van der Waals surface area contributed by atoms with E-state index in [0.717, 1.165) is 24.3 Å². The van der Waals surface area contributed by atoms with Gasteiger partial charge in [0.25, 0.3) is 0 Å². The first kappa shape index (κ1) is 12.5. The molecule has 0 saturated heterocycles. The Morgan fingerprint density at radius 3 is 2.95 bits per heavy atom. The van der Waals surface area contributed by atoms with Crippen LogP contribution in [0.4, 0.5) is 0 Å². The van der Waals surface area contributed by atoms with Crippen LogP contribution in [0, 0.1) is 13.8 Å². The van der Waals surface area contributed by atoms with Gasteiger partial charge in [0.2, 0.25) is 0 Å². The quantitative estimate of drug-likeness (QED) is 0.901. The van der Waals surface area contributed by atoms with Crippen molar-refractivity contribution in [3.8, 4) is 0 Å². The normalized spacial score (nSPS) is 20.3. The Hall–Kier alpha value is -1.55. The fourth-order valence-electron chi connectivity index (χ4n) is 3.34. The van der Waals surface area contributed by atoms with E-state index in [1.165, 1.54) is 23.2 Å². The van der Waals surface area contributed by atoms with Gasteiger partial charge in [0.1, 0.15) is 5.76 Å². The molecule has 0 aliphatic heterocycles. The Morgan fingerprint density at radius 2 is 2.26 bits per heavy atom. The van der Waals surface area contributed by atoms with E-state index in [1.807, 2.05) is 13.8 Å². The van der Waals surface area contributed by atoms with Crippen molar-refractivity contribution in [3.63, 3.8) is 0 Å². The number of hydrogen-bond acceptors (Lipinski definition) is 3. The van der Waals surface area contributed by atoms with Crippen LogP contribution in [0.2, 0.25) is 0 Å². The van der Waals surface area contributed by atoms with E-state index >= 15 is 0 Å². The third-order valence-corrected chi connectivity index (χ3v) is 4.31. The maximum atomic E-state index is 6.19. The molecule has 1 aliphatic rings. The summed E-state index contributed by atoms with van der Waals surface area (Å²) in [5.41, 5.74) is 11.1. The average molecular weight is 259 g/mol. The molecule has 2 unspecified atom stereocenters. The van der Waals surface area contributed by atoms with E-state index < -0.39 is 0 Å². The molecular formula is C15H21N3O. The highest BCUT2D eigenvalue weighted by molar-refractivity contribution is 5.33. The highest BCUT2D eigenvalue weighted by Crippen LogP contribution is 2.33. The zero-order chi connectivity index (χ0) is 13.6. The van der Waals surface area contributed by atoms with Gasteiger partial charge in [-0.05, 0) is 51.7 Å². The second-order valence-electron chi connectivity index (χ2n) is 5.54. The van der Waals surface area contributed by atoms with E-state index in [2.05, 4.69) is 28.9 Å². The SMILES string of the molecule is Cc1noc(C)c1C(C)n1ccc2c1CCCC2N. The summed E-state index contributed by atoms with van der Waals surface area (Å²) in [6.07, 6.45) is 5.54. The van der Waals surface area contributed by atoms with E-state index in [1.54, 1.807) is 0 Å². The van der Waals surface area contributed by atoms with E-state index in [4.69, 9.17) is 10.3 Å². The summed E-state index contributed by atoms with van der Waals surface area (Å²) in [5, 5.41) is 4.06. The molecule has 0 spiro atoms. The first-order valence-corrected chi connectivity index (χ1v) is 6.97. The van der Waals surface area contributed by atoms with Gasteiger partial charge < -0.3 is 14.8 Å². The molecule has 2 heterocycles. The van der Waals surface area contributed by atoms with Crippen LogP contribution in [0.5, 0.6) is 0 Å². The van der Waals surface area contributed by atoms with E-state index in [0.29, 0.717) is 0 Å². The lowest BCUT2D eigenvalue weighted by Crippen LogP contribution is -2.19. The first-order valence-electron chi connectivity index (χ1n) is 6.97. The standard InChI is InChI=1S/C15H21N3O/c1-9-15(11(3)19-17-9)10(2)18-8-7-12-13(16)5-4-6-14(12)18/h7-8,10,13H,4-6,16H2,1-3H3. The second-order valence-corrected chi connectivity index (χ2v) is 5.54. The Labute approximate surface area is 113 Å². The second kappa shape index (κ2) is 4.53. The number of hydrogen-bond donors (Lipinski definition) is 1. The van der Waals surface area contributed by atoms with Crippen molar-refractivity contribution < 1.29 is 4.52 Å². The number of fused-ring (bicyclic) bond motifs is 1. The molecule has 0 amide bonds. The molecule has 4 heteroatoms. The predicted octanol–water partition coefficient (Wildman–Crippen LogP) is 3.04. The highest BCUT2D eigenvalue weighted by atomic mass is 16.5. The van der Waals surface area contributed by atoms with Gasteiger partial charge in [-0.25, -0.2) is 0 Å². The molecule has 0 saturated carbocycles. The molecule has 4 nitrogen and oxygen atoms in total. The molecule has 0 bridgehead atoms. The Bertz CT molecular complexity index is 577. The largest absolute Gasteiger partial charge is 0.361 e. The van der Waals surface area contributed by atoms with Crippen LogP contribution >= 0.6 is 0 Å². The number of rotatable bonds is 2. The minimum atomic E-state index is 0.196. The van der Waals surface area contributed by atoms with Crippen molar-refractivity contribution in [2.45, 2.75) is 52.1 Å².